The van der Waals surface area contributed by atoms with E-state index in [9.17, 15) is 4.39 Å². The molecular formula is C14H19FN4. The highest BCUT2D eigenvalue weighted by molar-refractivity contribution is 5.43. The van der Waals surface area contributed by atoms with E-state index in [0.29, 0.717) is 17.0 Å². The number of halogens is 1. The first-order valence-electron chi connectivity index (χ1n) is 6.91. The van der Waals surface area contributed by atoms with E-state index >= 15 is 0 Å². The largest absolute Gasteiger partial charge is 0.352 e. The molecule has 2 aromatic heterocycles. The molecule has 0 bridgehead atoms. The number of hydrogen-bond acceptors (Lipinski definition) is 3. The number of nitrogens with zero attached hydrogens (tertiary/aromatic N) is 3. The Morgan fingerprint density at radius 3 is 2.89 bits per heavy atom. The highest BCUT2D eigenvalue weighted by Crippen LogP contribution is 2.35. The Morgan fingerprint density at radius 2 is 2.11 bits per heavy atom. The van der Waals surface area contributed by atoms with Gasteiger partial charge in [-0.05, 0) is 30.4 Å². The summed E-state index contributed by atoms with van der Waals surface area (Å²) in [5.74, 6) is 0.278. The van der Waals surface area contributed by atoms with Gasteiger partial charge >= 0.3 is 0 Å². The molecule has 2 aromatic rings. The summed E-state index contributed by atoms with van der Waals surface area (Å²) in [6.07, 6.45) is 7.81. The number of hydrogen-bond donors (Lipinski definition) is 1. The highest BCUT2D eigenvalue weighted by Gasteiger charge is 2.26. The molecule has 1 aliphatic carbocycles. The van der Waals surface area contributed by atoms with Crippen LogP contribution in [0, 0.1) is 11.2 Å². The second-order valence-electron chi connectivity index (χ2n) is 5.81. The number of rotatable bonds is 3. The van der Waals surface area contributed by atoms with E-state index in [4.69, 9.17) is 0 Å². The van der Waals surface area contributed by atoms with E-state index in [1.807, 2.05) is 0 Å². The first-order chi connectivity index (χ1) is 9.15. The van der Waals surface area contributed by atoms with E-state index in [0.717, 1.165) is 6.54 Å². The van der Waals surface area contributed by atoms with Gasteiger partial charge in [0.15, 0.2) is 5.65 Å². The maximum atomic E-state index is 13.1. The van der Waals surface area contributed by atoms with Gasteiger partial charge in [-0.1, -0.05) is 26.2 Å². The summed E-state index contributed by atoms with van der Waals surface area (Å²) in [6, 6.07) is 3.03. The Hall–Kier alpha value is -1.65. The van der Waals surface area contributed by atoms with E-state index < -0.39 is 0 Å². The van der Waals surface area contributed by atoms with Crippen molar-refractivity contribution < 1.29 is 4.39 Å². The number of anilines is 1. The Morgan fingerprint density at radius 1 is 1.32 bits per heavy atom. The zero-order valence-electron chi connectivity index (χ0n) is 11.2. The lowest BCUT2D eigenvalue weighted by atomic mass is 9.76. The third-order valence-electron chi connectivity index (χ3n) is 4.03. The Balaban J connectivity index is 1.71. The summed E-state index contributed by atoms with van der Waals surface area (Å²) < 4.78 is 14.5. The van der Waals surface area contributed by atoms with E-state index in [1.165, 1.54) is 48.9 Å². The smallest absolute Gasteiger partial charge is 0.243 e. The van der Waals surface area contributed by atoms with Crippen molar-refractivity contribution in [3.63, 3.8) is 0 Å². The number of nitrogens with one attached hydrogen (secondary N) is 1. The van der Waals surface area contributed by atoms with Gasteiger partial charge in [0, 0.05) is 6.54 Å². The van der Waals surface area contributed by atoms with Crippen LogP contribution < -0.4 is 5.32 Å². The monoisotopic (exact) mass is 262 g/mol. The number of aromatic nitrogens is 3. The second-order valence-corrected chi connectivity index (χ2v) is 5.81. The molecule has 0 spiro atoms. The van der Waals surface area contributed by atoms with Crippen LogP contribution in [-0.2, 0) is 0 Å². The Bertz CT molecular complexity index is 572. The molecule has 5 heteroatoms. The van der Waals surface area contributed by atoms with Crippen LogP contribution in [0.1, 0.15) is 39.0 Å². The van der Waals surface area contributed by atoms with Crippen molar-refractivity contribution in [1.29, 1.82) is 0 Å². The SMILES string of the molecule is CC1(CNc2nc3ccc(F)cn3n2)CCCCC1. The minimum atomic E-state index is -0.303. The summed E-state index contributed by atoms with van der Waals surface area (Å²) in [7, 11) is 0. The normalized spacial score (nSPS) is 18.6. The van der Waals surface area contributed by atoms with Crippen LogP contribution in [0.5, 0.6) is 0 Å². The van der Waals surface area contributed by atoms with Crippen molar-refractivity contribution in [2.24, 2.45) is 5.41 Å². The summed E-state index contributed by atoms with van der Waals surface area (Å²) in [4.78, 5) is 4.34. The van der Waals surface area contributed by atoms with Crippen molar-refractivity contribution >= 4 is 11.6 Å². The van der Waals surface area contributed by atoms with Gasteiger partial charge in [0.05, 0.1) is 6.20 Å². The molecule has 0 unspecified atom stereocenters. The maximum absolute atomic E-state index is 13.1. The van der Waals surface area contributed by atoms with E-state index in [-0.39, 0.29) is 5.82 Å². The van der Waals surface area contributed by atoms with E-state index in [2.05, 4.69) is 22.3 Å². The third kappa shape index (κ3) is 2.69. The average Bonchev–Trinajstić information content (AvgIpc) is 2.79. The minimum Gasteiger partial charge on any atom is -0.352 e. The minimum absolute atomic E-state index is 0.303. The van der Waals surface area contributed by atoms with Gasteiger partial charge in [-0.15, -0.1) is 5.10 Å². The zero-order valence-corrected chi connectivity index (χ0v) is 11.2. The Labute approximate surface area is 112 Å². The fourth-order valence-corrected chi connectivity index (χ4v) is 2.81. The molecule has 0 aliphatic heterocycles. The quantitative estimate of drug-likeness (QED) is 0.923. The lowest BCUT2D eigenvalue weighted by Crippen LogP contribution is -2.29. The molecule has 102 valence electrons. The molecule has 1 N–H and O–H groups in total. The summed E-state index contributed by atoms with van der Waals surface area (Å²) in [5.41, 5.74) is 0.999. The molecule has 2 heterocycles. The number of pyridine rings is 1. The average molecular weight is 262 g/mol. The van der Waals surface area contributed by atoms with Crippen molar-refractivity contribution in [2.75, 3.05) is 11.9 Å². The van der Waals surface area contributed by atoms with Gasteiger partial charge in [0.1, 0.15) is 5.82 Å². The highest BCUT2D eigenvalue weighted by atomic mass is 19.1. The van der Waals surface area contributed by atoms with Crippen LogP contribution >= 0.6 is 0 Å². The topological polar surface area (TPSA) is 42.2 Å². The van der Waals surface area contributed by atoms with Gasteiger partial charge in [-0.3, -0.25) is 0 Å². The summed E-state index contributed by atoms with van der Waals surface area (Å²) >= 11 is 0. The summed E-state index contributed by atoms with van der Waals surface area (Å²) in [5, 5.41) is 7.54. The van der Waals surface area contributed by atoms with Gasteiger partial charge in [-0.2, -0.15) is 4.98 Å². The van der Waals surface area contributed by atoms with Crippen LogP contribution in [0.25, 0.3) is 5.65 Å². The van der Waals surface area contributed by atoms with Crippen LogP contribution in [0.15, 0.2) is 18.3 Å². The lowest BCUT2D eigenvalue weighted by molar-refractivity contribution is 0.233. The van der Waals surface area contributed by atoms with Crippen LogP contribution in [0.2, 0.25) is 0 Å². The number of fused-ring (bicyclic) bond motifs is 1. The molecular weight excluding hydrogens is 243 g/mol. The molecule has 0 saturated heterocycles. The van der Waals surface area contributed by atoms with Crippen LogP contribution in [-0.4, -0.2) is 21.1 Å². The standard InChI is InChI=1S/C14H19FN4/c1-14(7-3-2-4-8-14)10-16-13-17-12-6-5-11(15)9-19(12)18-13/h5-6,9H,2-4,7-8,10H2,1H3,(H,16,18). The van der Waals surface area contributed by atoms with Crippen molar-refractivity contribution in [1.82, 2.24) is 14.6 Å². The van der Waals surface area contributed by atoms with Gasteiger partial charge in [0.25, 0.3) is 0 Å². The first-order valence-corrected chi connectivity index (χ1v) is 6.91. The molecule has 4 nitrogen and oxygen atoms in total. The fourth-order valence-electron chi connectivity index (χ4n) is 2.81. The maximum Gasteiger partial charge on any atom is 0.243 e. The lowest BCUT2D eigenvalue weighted by Gasteiger charge is -2.33. The third-order valence-corrected chi connectivity index (χ3v) is 4.03. The molecule has 0 amide bonds. The second kappa shape index (κ2) is 4.79. The van der Waals surface area contributed by atoms with Gasteiger partial charge < -0.3 is 5.32 Å². The molecule has 1 fully saturated rings. The molecule has 0 atom stereocenters. The van der Waals surface area contributed by atoms with Gasteiger partial charge in [-0.25, -0.2) is 8.91 Å². The molecule has 0 radical (unpaired) electrons. The van der Waals surface area contributed by atoms with E-state index in [1.54, 1.807) is 6.07 Å². The van der Waals surface area contributed by atoms with Gasteiger partial charge in [0.2, 0.25) is 5.95 Å². The van der Waals surface area contributed by atoms with Crippen LogP contribution in [0.4, 0.5) is 10.3 Å². The Kier molecular flexibility index (Phi) is 3.12. The van der Waals surface area contributed by atoms with Crippen molar-refractivity contribution in [2.45, 2.75) is 39.0 Å². The molecule has 1 aliphatic rings. The van der Waals surface area contributed by atoms with Crippen molar-refractivity contribution in [3.8, 4) is 0 Å². The van der Waals surface area contributed by atoms with Crippen LogP contribution in [0.3, 0.4) is 0 Å². The molecule has 1 saturated carbocycles. The molecule has 19 heavy (non-hydrogen) atoms. The summed E-state index contributed by atoms with van der Waals surface area (Å²) in [6.45, 7) is 3.20. The fraction of sp³-hybridized carbons (Fsp3) is 0.571. The van der Waals surface area contributed by atoms with Crippen molar-refractivity contribution in [3.05, 3.63) is 24.1 Å². The first kappa shape index (κ1) is 12.4. The molecule has 0 aromatic carbocycles. The predicted octanol–water partition coefficient (Wildman–Crippen LogP) is 3.25. The molecule has 3 rings (SSSR count). The predicted molar refractivity (Wildman–Crippen MR) is 72.6 cm³/mol. The zero-order chi connectivity index (χ0) is 13.3.